The van der Waals surface area contributed by atoms with Gasteiger partial charge < -0.3 is 25.1 Å². The van der Waals surface area contributed by atoms with Crippen molar-refractivity contribution >= 4 is 30.8 Å². The first kappa shape index (κ1) is 18.7. The van der Waals surface area contributed by atoms with E-state index in [1.807, 2.05) is 19.1 Å². The lowest BCUT2D eigenvalue weighted by Gasteiger charge is -2.51. The number of aryl methyl sites for hydroxylation is 1. The second kappa shape index (κ2) is 7.83. The molecular formula is C19H28BN8O. The summed E-state index contributed by atoms with van der Waals surface area (Å²) in [4.78, 5) is 14.3. The van der Waals surface area contributed by atoms with Crippen molar-refractivity contribution in [2.45, 2.75) is 51.1 Å². The Morgan fingerprint density at radius 2 is 2.03 bits per heavy atom. The SMILES string of the molecule is Cc1cc(Nc2cc(N3CCOCC3)nc(N[C@H]3C[C@@H]4C[B]N4[C@H](C)C3)n2)n[nH]1. The number of ether oxygens (including phenoxy) is 1. The van der Waals surface area contributed by atoms with Gasteiger partial charge in [-0.15, -0.1) is 0 Å². The van der Waals surface area contributed by atoms with Crippen LogP contribution in [-0.4, -0.2) is 76.8 Å². The van der Waals surface area contributed by atoms with Gasteiger partial charge in [-0.1, -0.05) is 6.92 Å². The number of morpholine rings is 1. The van der Waals surface area contributed by atoms with E-state index in [2.05, 4.69) is 44.9 Å². The molecule has 153 valence electrons. The molecule has 10 heteroatoms. The number of anilines is 4. The Hall–Kier alpha value is -2.33. The van der Waals surface area contributed by atoms with Crippen molar-refractivity contribution in [2.75, 3.05) is 41.8 Å². The fourth-order valence-corrected chi connectivity index (χ4v) is 4.52. The predicted octanol–water partition coefficient (Wildman–Crippen LogP) is 1.77. The van der Waals surface area contributed by atoms with Gasteiger partial charge in [-0.25, -0.2) is 0 Å². The summed E-state index contributed by atoms with van der Waals surface area (Å²) in [6, 6.07) is 5.57. The van der Waals surface area contributed by atoms with Gasteiger partial charge in [0.05, 0.1) is 13.2 Å². The van der Waals surface area contributed by atoms with Gasteiger partial charge in [0.25, 0.3) is 0 Å². The van der Waals surface area contributed by atoms with E-state index in [0.29, 0.717) is 24.1 Å². The van der Waals surface area contributed by atoms with Crippen LogP contribution in [0.15, 0.2) is 12.1 Å². The third kappa shape index (κ3) is 4.04. The first-order valence-electron chi connectivity index (χ1n) is 10.5. The highest BCUT2D eigenvalue weighted by atomic mass is 16.5. The molecule has 29 heavy (non-hydrogen) atoms. The molecule has 2 aromatic heterocycles. The molecule has 3 N–H and O–H groups in total. The van der Waals surface area contributed by atoms with Crippen molar-refractivity contribution in [3.8, 4) is 0 Å². The maximum Gasteiger partial charge on any atom is 0.226 e. The van der Waals surface area contributed by atoms with Crippen LogP contribution in [0.3, 0.4) is 0 Å². The molecule has 0 saturated carbocycles. The van der Waals surface area contributed by atoms with E-state index in [-0.39, 0.29) is 0 Å². The normalized spacial score (nSPS) is 27.0. The van der Waals surface area contributed by atoms with E-state index < -0.39 is 0 Å². The maximum atomic E-state index is 5.50. The summed E-state index contributed by atoms with van der Waals surface area (Å²) in [5.74, 6) is 3.10. The van der Waals surface area contributed by atoms with Crippen molar-refractivity contribution in [3.05, 3.63) is 17.8 Å². The summed E-state index contributed by atoms with van der Waals surface area (Å²) < 4.78 is 5.50. The van der Waals surface area contributed by atoms with Crippen LogP contribution in [0.25, 0.3) is 0 Å². The lowest BCUT2D eigenvalue weighted by molar-refractivity contribution is 0.122. The lowest BCUT2D eigenvalue weighted by atomic mass is 9.63. The highest BCUT2D eigenvalue weighted by molar-refractivity contribution is 6.36. The molecule has 2 aromatic rings. The van der Waals surface area contributed by atoms with E-state index >= 15 is 0 Å². The number of nitrogens with zero attached hydrogens (tertiary/aromatic N) is 5. The van der Waals surface area contributed by atoms with Crippen LogP contribution >= 0.6 is 0 Å². The number of fused-ring (bicyclic) bond motifs is 1. The zero-order valence-electron chi connectivity index (χ0n) is 17.1. The molecule has 5 heterocycles. The third-order valence-corrected chi connectivity index (χ3v) is 6.04. The highest BCUT2D eigenvalue weighted by Crippen LogP contribution is 2.33. The standard InChI is InChI=1S/C19H28BN8O/c1-12-7-17(26-25-12)22-16-10-18(27-3-5-29-6-4-27)24-19(23-16)21-14-8-13(2)28-15(9-14)11-20-28/h7,10,13-15H,3-6,8-9,11H2,1-2H3,(H3,21,22,23,24,25,26)/t13-,14-,15-/m1/s1. The van der Waals surface area contributed by atoms with Crippen LogP contribution in [0.4, 0.5) is 23.4 Å². The van der Waals surface area contributed by atoms with E-state index in [4.69, 9.17) is 14.7 Å². The van der Waals surface area contributed by atoms with Crippen molar-refractivity contribution in [3.63, 3.8) is 0 Å². The molecule has 0 bridgehead atoms. The lowest BCUT2D eigenvalue weighted by Crippen LogP contribution is -2.60. The molecule has 0 amide bonds. The first-order chi connectivity index (χ1) is 14.1. The van der Waals surface area contributed by atoms with Gasteiger partial charge >= 0.3 is 0 Å². The molecule has 3 aliphatic heterocycles. The number of hydrogen-bond donors (Lipinski definition) is 3. The van der Waals surface area contributed by atoms with E-state index in [9.17, 15) is 0 Å². The van der Waals surface area contributed by atoms with Crippen molar-refractivity contribution in [2.24, 2.45) is 0 Å². The van der Waals surface area contributed by atoms with Gasteiger partial charge in [-0.05, 0) is 38.2 Å². The molecule has 3 aliphatic rings. The summed E-state index contributed by atoms with van der Waals surface area (Å²) in [7, 11) is 2.33. The fourth-order valence-electron chi connectivity index (χ4n) is 4.52. The van der Waals surface area contributed by atoms with Gasteiger partial charge in [-0.3, -0.25) is 5.10 Å². The average Bonchev–Trinajstić information content (AvgIpc) is 3.09. The van der Waals surface area contributed by atoms with E-state index in [1.165, 1.54) is 6.32 Å². The van der Waals surface area contributed by atoms with Gasteiger partial charge in [0.15, 0.2) is 5.82 Å². The largest absolute Gasteiger partial charge is 0.378 e. The number of nitrogens with one attached hydrogen (secondary N) is 3. The molecule has 0 unspecified atom stereocenters. The first-order valence-corrected chi connectivity index (χ1v) is 10.5. The van der Waals surface area contributed by atoms with Crippen LogP contribution in [0.2, 0.25) is 6.32 Å². The van der Waals surface area contributed by atoms with Crippen LogP contribution in [0.5, 0.6) is 0 Å². The summed E-state index contributed by atoms with van der Waals surface area (Å²) >= 11 is 0. The number of hydrogen-bond acceptors (Lipinski definition) is 8. The number of aromatic nitrogens is 4. The maximum absolute atomic E-state index is 5.50. The topological polar surface area (TPSA) is 94.2 Å². The second-order valence-corrected chi connectivity index (χ2v) is 8.28. The van der Waals surface area contributed by atoms with E-state index in [1.54, 1.807) is 0 Å². The number of H-pyrrole nitrogens is 1. The van der Waals surface area contributed by atoms with E-state index in [0.717, 1.165) is 62.3 Å². The van der Waals surface area contributed by atoms with Crippen molar-refractivity contribution in [1.82, 2.24) is 25.0 Å². The minimum absolute atomic E-state index is 0.389. The molecule has 0 aromatic carbocycles. The van der Waals surface area contributed by atoms with Crippen molar-refractivity contribution in [1.29, 1.82) is 0 Å². The van der Waals surface area contributed by atoms with Crippen LogP contribution in [0.1, 0.15) is 25.5 Å². The molecule has 0 aliphatic carbocycles. The quantitative estimate of drug-likeness (QED) is 0.660. The third-order valence-electron chi connectivity index (χ3n) is 6.04. The van der Waals surface area contributed by atoms with Crippen LogP contribution in [-0.2, 0) is 4.74 Å². The summed E-state index contributed by atoms with van der Waals surface area (Å²) in [6.07, 6.45) is 3.41. The molecule has 0 spiro atoms. The van der Waals surface area contributed by atoms with Crippen LogP contribution < -0.4 is 15.5 Å². The summed E-state index contributed by atoms with van der Waals surface area (Å²) in [5, 5.41) is 14.2. The number of rotatable bonds is 5. The molecular weight excluding hydrogens is 367 g/mol. The fraction of sp³-hybridized carbons (Fsp3) is 0.632. The Morgan fingerprint density at radius 1 is 1.17 bits per heavy atom. The zero-order valence-corrected chi connectivity index (χ0v) is 17.1. The molecule has 5 rings (SSSR count). The Bertz CT molecular complexity index is 846. The minimum Gasteiger partial charge on any atom is -0.378 e. The molecule has 3 fully saturated rings. The monoisotopic (exact) mass is 395 g/mol. The molecule has 9 nitrogen and oxygen atoms in total. The van der Waals surface area contributed by atoms with Gasteiger partial charge in [-0.2, -0.15) is 15.1 Å². The van der Waals surface area contributed by atoms with Gasteiger partial charge in [0.2, 0.25) is 13.4 Å². The Labute approximate surface area is 171 Å². The molecule has 3 atom stereocenters. The van der Waals surface area contributed by atoms with Gasteiger partial charge in [0.1, 0.15) is 11.6 Å². The number of piperidine rings is 1. The summed E-state index contributed by atoms with van der Waals surface area (Å²) in [6.45, 7) is 7.41. The second-order valence-electron chi connectivity index (χ2n) is 8.28. The number of aromatic amines is 1. The molecule has 1 radical (unpaired) electrons. The predicted molar refractivity (Wildman–Crippen MR) is 114 cm³/mol. The molecule has 3 saturated heterocycles. The Morgan fingerprint density at radius 3 is 2.72 bits per heavy atom. The van der Waals surface area contributed by atoms with Crippen molar-refractivity contribution < 1.29 is 4.74 Å². The van der Waals surface area contributed by atoms with Crippen LogP contribution in [0, 0.1) is 6.92 Å². The van der Waals surface area contributed by atoms with Gasteiger partial charge in [0, 0.05) is 37.0 Å². The smallest absolute Gasteiger partial charge is 0.226 e. The average molecular weight is 395 g/mol. The summed E-state index contributed by atoms with van der Waals surface area (Å²) in [5.41, 5.74) is 1.01. The minimum atomic E-state index is 0.389. The highest BCUT2D eigenvalue weighted by Gasteiger charge is 2.39. The Kier molecular flexibility index (Phi) is 5.05. The Balaban J connectivity index is 1.37. The zero-order chi connectivity index (χ0) is 19.8.